The molecule has 0 aliphatic carbocycles. The van der Waals surface area contributed by atoms with E-state index in [9.17, 15) is 14.7 Å². The molecule has 0 fully saturated rings. The first-order valence-electron chi connectivity index (χ1n) is 11.7. The first-order valence-corrected chi connectivity index (χ1v) is 11.7. The molecule has 2 aromatic heterocycles. The molecule has 0 amide bonds. The van der Waals surface area contributed by atoms with E-state index < -0.39 is 6.10 Å². The number of halogens is 1. The lowest BCUT2D eigenvalue weighted by atomic mass is 9.99. The van der Waals surface area contributed by atoms with Crippen molar-refractivity contribution in [2.75, 3.05) is 19.6 Å². The van der Waals surface area contributed by atoms with Crippen molar-refractivity contribution in [3.05, 3.63) is 88.4 Å². The summed E-state index contributed by atoms with van der Waals surface area (Å²) in [6.07, 6.45) is 6.32. The van der Waals surface area contributed by atoms with Gasteiger partial charge in [-0.3, -0.25) is 13.9 Å². The molecule has 0 radical (unpaired) electrons. The molecule has 3 rings (SSSR count). The Morgan fingerprint density at radius 2 is 1.71 bits per heavy atom. The van der Waals surface area contributed by atoms with Crippen LogP contribution in [0.15, 0.2) is 71.6 Å². The van der Waals surface area contributed by atoms with Crippen molar-refractivity contribution in [3.8, 4) is 0 Å². The molecule has 35 heavy (non-hydrogen) atoms. The lowest BCUT2D eigenvalue weighted by molar-refractivity contribution is -0.940. The number of aryl methyl sites for hydroxylation is 2. The van der Waals surface area contributed by atoms with E-state index in [0.29, 0.717) is 28.6 Å². The van der Waals surface area contributed by atoms with Crippen LogP contribution in [0.1, 0.15) is 31.4 Å². The van der Waals surface area contributed by atoms with Crippen LogP contribution in [0.4, 0.5) is 0 Å². The molecule has 0 aliphatic heterocycles. The van der Waals surface area contributed by atoms with Crippen LogP contribution >= 0.6 is 0 Å². The van der Waals surface area contributed by atoms with Crippen LogP contribution in [0.3, 0.4) is 0 Å². The molecular weight excluding hydrogens is 510 g/mol. The number of hydrogen-bond acceptors (Lipinski definition) is 4. The number of imidazole rings is 1. The van der Waals surface area contributed by atoms with Crippen LogP contribution in [-0.2, 0) is 20.6 Å². The summed E-state index contributed by atoms with van der Waals surface area (Å²) in [6, 6.07) is 9.87. The number of aliphatic hydroxyl groups is 1. The topological polar surface area (TPSA) is 82.0 Å². The van der Waals surface area contributed by atoms with Crippen molar-refractivity contribution in [3.63, 3.8) is 0 Å². The Morgan fingerprint density at radius 1 is 1.09 bits per heavy atom. The molecule has 9 heteroatoms. The fourth-order valence-corrected chi connectivity index (χ4v) is 4.83. The summed E-state index contributed by atoms with van der Waals surface area (Å²) in [6.45, 7) is 13.0. The third-order valence-electron chi connectivity index (χ3n) is 6.89. The van der Waals surface area contributed by atoms with Crippen molar-refractivity contribution in [1.82, 2.24) is 18.7 Å². The maximum absolute atomic E-state index is 12.7. The molecule has 2 heterocycles. The first-order chi connectivity index (χ1) is 16.3. The summed E-state index contributed by atoms with van der Waals surface area (Å²) in [7, 11) is 3.11. The van der Waals surface area contributed by atoms with Gasteiger partial charge in [-0.2, -0.15) is 0 Å². The minimum absolute atomic E-state index is 0. The fraction of sp³-hybridized carbons (Fsp3) is 0.423. The van der Waals surface area contributed by atoms with Gasteiger partial charge in [-0.15, -0.1) is 0 Å². The molecule has 2 atom stereocenters. The van der Waals surface area contributed by atoms with Gasteiger partial charge < -0.3 is 31.1 Å². The SMILES string of the molecule is C=CC[N+](CC=C)(CCCn1cnc2c1c(=O)n(C)c(=O)n2C)C(C)CC(O)c1ccccc1.[Br-]. The summed E-state index contributed by atoms with van der Waals surface area (Å²) in [5.74, 6) is 0. The Morgan fingerprint density at radius 3 is 2.31 bits per heavy atom. The quantitative estimate of drug-likeness (QED) is 0.246. The van der Waals surface area contributed by atoms with Gasteiger partial charge in [0.1, 0.15) is 0 Å². The zero-order valence-corrected chi connectivity index (χ0v) is 22.4. The van der Waals surface area contributed by atoms with Crippen LogP contribution in [-0.4, -0.2) is 54.0 Å². The van der Waals surface area contributed by atoms with Crippen LogP contribution in [0, 0.1) is 0 Å². The highest BCUT2D eigenvalue weighted by atomic mass is 79.9. The molecule has 1 aromatic carbocycles. The summed E-state index contributed by atoms with van der Waals surface area (Å²) in [4.78, 5) is 29.3. The number of aliphatic hydroxyl groups excluding tert-OH is 1. The third-order valence-corrected chi connectivity index (χ3v) is 6.89. The normalized spacial score (nSPS) is 13.3. The molecule has 0 saturated heterocycles. The van der Waals surface area contributed by atoms with Crippen LogP contribution < -0.4 is 28.2 Å². The van der Waals surface area contributed by atoms with E-state index in [4.69, 9.17) is 0 Å². The first kappa shape index (κ1) is 28.5. The highest BCUT2D eigenvalue weighted by Crippen LogP contribution is 2.26. The number of hydrogen-bond donors (Lipinski definition) is 1. The number of benzene rings is 1. The van der Waals surface area contributed by atoms with Crippen molar-refractivity contribution < 1.29 is 26.6 Å². The Balaban J connectivity index is 0.00000432. The van der Waals surface area contributed by atoms with Gasteiger partial charge in [-0.05, 0) is 24.6 Å². The number of rotatable bonds is 12. The highest BCUT2D eigenvalue weighted by Gasteiger charge is 2.33. The average molecular weight is 547 g/mol. The third kappa shape index (κ3) is 5.91. The van der Waals surface area contributed by atoms with E-state index in [1.165, 1.54) is 11.6 Å². The van der Waals surface area contributed by atoms with Gasteiger partial charge in [0.2, 0.25) is 0 Å². The van der Waals surface area contributed by atoms with Gasteiger partial charge in [-0.1, -0.05) is 43.5 Å². The molecule has 190 valence electrons. The summed E-state index contributed by atoms with van der Waals surface area (Å²) in [5.41, 5.74) is 1.01. The standard InChI is InChI=1S/C26H36N5O3.BrH/c1-6-15-31(16-7-2,20(3)18-22(32)21-12-9-8-10-13-21)17-11-14-30-19-27-24-23(30)25(33)29(5)26(34)28(24)4;/h6-10,12-13,19-20,22,32H,1-2,11,14-18H2,3-5H3;1H/q+1;/p-1. The van der Waals surface area contributed by atoms with Crippen molar-refractivity contribution in [2.45, 2.75) is 38.5 Å². The maximum Gasteiger partial charge on any atom is 0.332 e. The molecule has 8 nitrogen and oxygen atoms in total. The predicted octanol–water partition coefficient (Wildman–Crippen LogP) is -0.471. The Labute approximate surface area is 216 Å². The number of fused-ring (bicyclic) bond motifs is 1. The largest absolute Gasteiger partial charge is 1.00 e. The Kier molecular flexibility index (Phi) is 10.00. The number of quaternary nitrogens is 1. The second-order valence-corrected chi connectivity index (χ2v) is 9.07. The smallest absolute Gasteiger partial charge is 0.332 e. The highest BCUT2D eigenvalue weighted by molar-refractivity contribution is 5.69. The average Bonchev–Trinajstić information content (AvgIpc) is 3.26. The second-order valence-electron chi connectivity index (χ2n) is 9.07. The minimum Gasteiger partial charge on any atom is -1.00 e. The summed E-state index contributed by atoms with van der Waals surface area (Å²) < 4.78 is 5.05. The lowest BCUT2D eigenvalue weighted by Crippen LogP contribution is -3.00. The summed E-state index contributed by atoms with van der Waals surface area (Å²) >= 11 is 0. The van der Waals surface area contributed by atoms with Crippen LogP contribution in [0.2, 0.25) is 0 Å². The van der Waals surface area contributed by atoms with Gasteiger partial charge in [0, 0.05) is 33.5 Å². The van der Waals surface area contributed by atoms with E-state index >= 15 is 0 Å². The molecule has 3 aromatic rings. The van der Waals surface area contributed by atoms with Gasteiger partial charge in [0.15, 0.2) is 11.2 Å². The van der Waals surface area contributed by atoms with E-state index in [1.54, 1.807) is 13.4 Å². The Bertz CT molecular complexity index is 1250. The van der Waals surface area contributed by atoms with Crippen LogP contribution in [0.25, 0.3) is 11.2 Å². The Hall–Kier alpha value is -2.75. The molecule has 0 bridgehead atoms. The molecule has 2 unspecified atom stereocenters. The van der Waals surface area contributed by atoms with Crippen molar-refractivity contribution >= 4 is 11.2 Å². The molecule has 0 aliphatic rings. The molecule has 0 spiro atoms. The van der Waals surface area contributed by atoms with Crippen LogP contribution in [0.5, 0.6) is 0 Å². The second kappa shape index (κ2) is 12.3. The minimum atomic E-state index is -0.551. The number of nitrogens with zero attached hydrogens (tertiary/aromatic N) is 5. The zero-order chi connectivity index (χ0) is 24.9. The fourth-order valence-electron chi connectivity index (χ4n) is 4.83. The maximum atomic E-state index is 12.7. The van der Waals surface area contributed by atoms with E-state index in [-0.39, 0.29) is 34.3 Å². The lowest BCUT2D eigenvalue weighted by Gasteiger charge is -2.43. The van der Waals surface area contributed by atoms with Gasteiger partial charge >= 0.3 is 5.69 Å². The van der Waals surface area contributed by atoms with Crippen molar-refractivity contribution in [2.24, 2.45) is 14.1 Å². The van der Waals surface area contributed by atoms with Gasteiger partial charge in [0.05, 0.1) is 38.1 Å². The molecule has 1 N–H and O–H groups in total. The number of aromatic nitrogens is 4. The van der Waals surface area contributed by atoms with Gasteiger partial charge in [-0.25, -0.2) is 9.78 Å². The molecule has 0 saturated carbocycles. The predicted molar refractivity (Wildman–Crippen MR) is 136 cm³/mol. The van der Waals surface area contributed by atoms with Gasteiger partial charge in [0.25, 0.3) is 5.56 Å². The van der Waals surface area contributed by atoms with E-state index in [1.807, 2.05) is 47.1 Å². The summed E-state index contributed by atoms with van der Waals surface area (Å²) in [5, 5.41) is 10.9. The van der Waals surface area contributed by atoms with E-state index in [2.05, 4.69) is 25.1 Å². The van der Waals surface area contributed by atoms with E-state index in [0.717, 1.165) is 36.2 Å². The monoisotopic (exact) mass is 545 g/mol. The zero-order valence-electron chi connectivity index (χ0n) is 20.8. The van der Waals surface area contributed by atoms with Crippen molar-refractivity contribution in [1.29, 1.82) is 0 Å². The molecular formula is C26H36BrN5O3.